The summed E-state index contributed by atoms with van der Waals surface area (Å²) in [5.74, 6) is 0.364. The fourth-order valence-electron chi connectivity index (χ4n) is 2.63. The van der Waals surface area contributed by atoms with Gasteiger partial charge in [-0.25, -0.2) is 0 Å². The van der Waals surface area contributed by atoms with Crippen LogP contribution in [0.4, 0.5) is 0 Å². The van der Waals surface area contributed by atoms with Crippen LogP contribution in [0.5, 0.6) is 0 Å². The Labute approximate surface area is 126 Å². The zero-order chi connectivity index (χ0) is 15.1. The SMILES string of the molecule is COCCCNC(=O)C1CCN(CC(=O)NC2CC2)CC1. The second kappa shape index (κ2) is 8.34. The van der Waals surface area contributed by atoms with Gasteiger partial charge in [-0.15, -0.1) is 0 Å². The summed E-state index contributed by atoms with van der Waals surface area (Å²) in [5.41, 5.74) is 0. The van der Waals surface area contributed by atoms with Gasteiger partial charge >= 0.3 is 0 Å². The Balaban J connectivity index is 1.58. The molecule has 120 valence electrons. The first-order chi connectivity index (χ1) is 10.2. The fourth-order valence-corrected chi connectivity index (χ4v) is 2.63. The van der Waals surface area contributed by atoms with Gasteiger partial charge in [0, 0.05) is 32.2 Å². The summed E-state index contributed by atoms with van der Waals surface area (Å²) in [6.45, 7) is 3.48. The molecule has 2 rings (SSSR count). The summed E-state index contributed by atoms with van der Waals surface area (Å²) in [6, 6.07) is 0.424. The lowest BCUT2D eigenvalue weighted by atomic mass is 9.96. The smallest absolute Gasteiger partial charge is 0.234 e. The highest BCUT2D eigenvalue weighted by Crippen LogP contribution is 2.19. The van der Waals surface area contributed by atoms with E-state index in [0.29, 0.717) is 25.7 Å². The second-order valence-corrected chi connectivity index (χ2v) is 6.03. The minimum Gasteiger partial charge on any atom is -0.385 e. The number of likely N-dealkylation sites (tertiary alicyclic amines) is 1. The molecule has 0 aromatic heterocycles. The predicted molar refractivity (Wildman–Crippen MR) is 79.8 cm³/mol. The first kappa shape index (κ1) is 16.2. The molecule has 2 fully saturated rings. The molecule has 0 aromatic rings. The highest BCUT2D eigenvalue weighted by atomic mass is 16.5. The van der Waals surface area contributed by atoms with Crippen LogP contribution in [0.3, 0.4) is 0 Å². The lowest BCUT2D eigenvalue weighted by Crippen LogP contribution is -2.45. The number of nitrogens with one attached hydrogen (secondary N) is 2. The van der Waals surface area contributed by atoms with Crippen LogP contribution in [0.2, 0.25) is 0 Å². The molecule has 0 atom stereocenters. The largest absolute Gasteiger partial charge is 0.385 e. The molecule has 2 amide bonds. The van der Waals surface area contributed by atoms with E-state index >= 15 is 0 Å². The average Bonchev–Trinajstić information content (AvgIpc) is 3.28. The quantitative estimate of drug-likeness (QED) is 0.625. The number of rotatable bonds is 8. The lowest BCUT2D eigenvalue weighted by molar-refractivity contribution is -0.126. The third-order valence-electron chi connectivity index (χ3n) is 4.09. The maximum absolute atomic E-state index is 12.0. The maximum atomic E-state index is 12.0. The highest BCUT2D eigenvalue weighted by Gasteiger charge is 2.27. The molecule has 0 aromatic carbocycles. The zero-order valence-corrected chi connectivity index (χ0v) is 12.9. The van der Waals surface area contributed by atoms with Crippen molar-refractivity contribution < 1.29 is 14.3 Å². The number of methoxy groups -OCH3 is 1. The number of piperidine rings is 1. The van der Waals surface area contributed by atoms with E-state index in [1.807, 2.05) is 0 Å². The molecule has 0 bridgehead atoms. The standard InChI is InChI=1S/C15H27N3O3/c1-21-10-2-7-16-15(20)12-5-8-18(9-6-12)11-14(19)17-13-3-4-13/h12-13H,2-11H2,1H3,(H,16,20)(H,17,19). The number of hydrogen-bond donors (Lipinski definition) is 2. The third-order valence-corrected chi connectivity index (χ3v) is 4.09. The normalized spacial score (nSPS) is 20.2. The Morgan fingerprint density at radius 3 is 2.52 bits per heavy atom. The monoisotopic (exact) mass is 297 g/mol. The van der Waals surface area contributed by atoms with Crippen molar-refractivity contribution in [2.45, 2.75) is 38.1 Å². The zero-order valence-electron chi connectivity index (χ0n) is 12.9. The molecular weight excluding hydrogens is 270 g/mol. The summed E-state index contributed by atoms with van der Waals surface area (Å²) in [4.78, 5) is 25.9. The van der Waals surface area contributed by atoms with Gasteiger partial charge in [-0.2, -0.15) is 0 Å². The maximum Gasteiger partial charge on any atom is 0.234 e. The Morgan fingerprint density at radius 2 is 1.90 bits per heavy atom. The summed E-state index contributed by atoms with van der Waals surface area (Å²) < 4.78 is 4.96. The Morgan fingerprint density at radius 1 is 1.19 bits per heavy atom. The van der Waals surface area contributed by atoms with Gasteiger partial charge in [-0.1, -0.05) is 0 Å². The van der Waals surface area contributed by atoms with E-state index in [2.05, 4.69) is 15.5 Å². The van der Waals surface area contributed by atoms with Crippen molar-refractivity contribution in [3.63, 3.8) is 0 Å². The average molecular weight is 297 g/mol. The molecule has 1 saturated heterocycles. The van der Waals surface area contributed by atoms with E-state index in [9.17, 15) is 9.59 Å². The van der Waals surface area contributed by atoms with Crippen LogP contribution >= 0.6 is 0 Å². The summed E-state index contributed by atoms with van der Waals surface area (Å²) in [7, 11) is 1.66. The number of carbonyl (C=O) groups excluding carboxylic acids is 2. The predicted octanol–water partition coefficient (Wildman–Crippen LogP) is 0.130. The van der Waals surface area contributed by atoms with Gasteiger partial charge in [0.05, 0.1) is 6.54 Å². The second-order valence-electron chi connectivity index (χ2n) is 6.03. The van der Waals surface area contributed by atoms with E-state index < -0.39 is 0 Å². The van der Waals surface area contributed by atoms with Gasteiger partial charge in [-0.05, 0) is 45.2 Å². The van der Waals surface area contributed by atoms with E-state index in [-0.39, 0.29) is 17.7 Å². The molecule has 1 aliphatic heterocycles. The fraction of sp³-hybridized carbons (Fsp3) is 0.867. The van der Waals surface area contributed by atoms with Crippen LogP contribution in [0.25, 0.3) is 0 Å². The van der Waals surface area contributed by atoms with Crippen LogP contribution in [-0.4, -0.2) is 62.7 Å². The van der Waals surface area contributed by atoms with Crippen molar-refractivity contribution in [3.8, 4) is 0 Å². The van der Waals surface area contributed by atoms with Crippen molar-refractivity contribution in [2.24, 2.45) is 5.92 Å². The van der Waals surface area contributed by atoms with Crippen molar-refractivity contribution in [3.05, 3.63) is 0 Å². The number of hydrogen-bond acceptors (Lipinski definition) is 4. The van der Waals surface area contributed by atoms with Crippen LogP contribution < -0.4 is 10.6 Å². The van der Waals surface area contributed by atoms with Gasteiger partial charge in [0.25, 0.3) is 0 Å². The minimum atomic E-state index is 0.0929. The Hall–Kier alpha value is -1.14. The van der Waals surface area contributed by atoms with Gasteiger partial charge < -0.3 is 15.4 Å². The summed E-state index contributed by atoms with van der Waals surface area (Å²) in [5, 5.41) is 5.96. The lowest BCUT2D eigenvalue weighted by Gasteiger charge is -2.30. The van der Waals surface area contributed by atoms with Crippen molar-refractivity contribution >= 4 is 11.8 Å². The van der Waals surface area contributed by atoms with E-state index in [1.165, 1.54) is 0 Å². The minimum absolute atomic E-state index is 0.0929. The van der Waals surface area contributed by atoms with E-state index in [1.54, 1.807) is 7.11 Å². The molecule has 21 heavy (non-hydrogen) atoms. The molecule has 6 heteroatoms. The van der Waals surface area contributed by atoms with Crippen molar-refractivity contribution in [2.75, 3.05) is 39.9 Å². The molecular formula is C15H27N3O3. The molecule has 0 unspecified atom stereocenters. The van der Waals surface area contributed by atoms with Crippen LogP contribution in [0, 0.1) is 5.92 Å². The van der Waals surface area contributed by atoms with Gasteiger partial charge in [-0.3, -0.25) is 14.5 Å². The van der Waals surface area contributed by atoms with Crippen LogP contribution in [-0.2, 0) is 14.3 Å². The topological polar surface area (TPSA) is 70.7 Å². The van der Waals surface area contributed by atoms with Crippen LogP contribution in [0.1, 0.15) is 32.1 Å². The van der Waals surface area contributed by atoms with Crippen molar-refractivity contribution in [1.82, 2.24) is 15.5 Å². The number of nitrogens with zero attached hydrogens (tertiary/aromatic N) is 1. The molecule has 1 saturated carbocycles. The van der Waals surface area contributed by atoms with E-state index in [0.717, 1.165) is 45.2 Å². The molecule has 2 N–H and O–H groups in total. The third kappa shape index (κ3) is 6.01. The summed E-state index contributed by atoms with van der Waals surface area (Å²) in [6.07, 6.45) is 4.77. The Kier molecular flexibility index (Phi) is 6.45. The molecule has 6 nitrogen and oxygen atoms in total. The molecule has 2 aliphatic rings. The van der Waals surface area contributed by atoms with Gasteiger partial charge in [0.1, 0.15) is 0 Å². The first-order valence-corrected chi connectivity index (χ1v) is 7.97. The first-order valence-electron chi connectivity index (χ1n) is 7.97. The summed E-state index contributed by atoms with van der Waals surface area (Å²) >= 11 is 0. The highest BCUT2D eigenvalue weighted by molar-refractivity contribution is 5.79. The van der Waals surface area contributed by atoms with Crippen molar-refractivity contribution in [1.29, 1.82) is 0 Å². The molecule has 1 aliphatic carbocycles. The number of amides is 2. The molecule has 1 heterocycles. The van der Waals surface area contributed by atoms with Gasteiger partial charge in [0.15, 0.2) is 0 Å². The van der Waals surface area contributed by atoms with E-state index in [4.69, 9.17) is 4.74 Å². The Bertz CT molecular complexity index is 350. The molecule has 0 radical (unpaired) electrons. The number of carbonyl (C=O) groups is 2. The van der Waals surface area contributed by atoms with Crippen LogP contribution in [0.15, 0.2) is 0 Å². The number of ether oxygens (including phenoxy) is 1. The molecule has 0 spiro atoms. The van der Waals surface area contributed by atoms with Gasteiger partial charge in [0.2, 0.25) is 11.8 Å².